The van der Waals surface area contributed by atoms with Crippen LogP contribution in [-0.2, 0) is 11.3 Å². The fourth-order valence-corrected chi connectivity index (χ4v) is 2.14. The molecular weight excluding hydrogens is 216 g/mol. The largest absolute Gasteiger partial charge is 0.354 e. The fraction of sp³-hybridized carbons (Fsp3) is 0.667. The molecule has 17 heavy (non-hydrogen) atoms. The van der Waals surface area contributed by atoms with E-state index in [1.54, 1.807) is 12.5 Å². The Balaban J connectivity index is 1.54. The highest BCUT2D eigenvalue weighted by molar-refractivity contribution is 5.75. The molecule has 1 unspecified atom stereocenters. The van der Waals surface area contributed by atoms with Crippen molar-refractivity contribution in [2.75, 3.05) is 13.1 Å². The number of hydrogen-bond acceptors (Lipinski definition) is 3. The third-order valence-corrected chi connectivity index (χ3v) is 3.13. The van der Waals surface area contributed by atoms with Gasteiger partial charge in [-0.3, -0.25) is 4.79 Å². The molecule has 1 aromatic heterocycles. The highest BCUT2D eigenvalue weighted by Gasteiger charge is 2.14. The van der Waals surface area contributed by atoms with E-state index < -0.39 is 0 Å². The Morgan fingerprint density at radius 1 is 1.59 bits per heavy atom. The molecule has 0 aromatic carbocycles. The Hall–Kier alpha value is -1.36. The SMILES string of the molecule is O=C(CCC1CCCN1)NCCn1ccnc1. The summed E-state index contributed by atoms with van der Waals surface area (Å²) in [6.07, 6.45) is 9.44. The molecule has 1 aliphatic rings. The van der Waals surface area contributed by atoms with Crippen LogP contribution in [0.5, 0.6) is 0 Å². The number of amides is 1. The van der Waals surface area contributed by atoms with E-state index in [2.05, 4.69) is 15.6 Å². The molecular formula is C12H20N4O. The monoisotopic (exact) mass is 236 g/mol. The summed E-state index contributed by atoms with van der Waals surface area (Å²) in [5, 5.41) is 6.33. The molecule has 2 rings (SSSR count). The summed E-state index contributed by atoms with van der Waals surface area (Å²) >= 11 is 0. The standard InChI is InChI=1S/C12H20N4O/c17-12(4-3-11-2-1-5-14-11)15-7-9-16-8-6-13-10-16/h6,8,10-11,14H,1-5,7,9H2,(H,15,17). The summed E-state index contributed by atoms with van der Waals surface area (Å²) in [5.74, 6) is 0.152. The highest BCUT2D eigenvalue weighted by Crippen LogP contribution is 2.10. The van der Waals surface area contributed by atoms with Gasteiger partial charge in [0.15, 0.2) is 0 Å². The van der Waals surface area contributed by atoms with Crippen LogP contribution in [0.4, 0.5) is 0 Å². The van der Waals surface area contributed by atoms with Crippen LogP contribution < -0.4 is 10.6 Å². The van der Waals surface area contributed by atoms with Crippen LogP contribution in [0.2, 0.25) is 0 Å². The number of imidazole rings is 1. The van der Waals surface area contributed by atoms with E-state index in [0.717, 1.165) is 19.5 Å². The normalized spacial score (nSPS) is 19.4. The first-order valence-electron chi connectivity index (χ1n) is 6.30. The molecule has 2 heterocycles. The zero-order chi connectivity index (χ0) is 11.9. The lowest BCUT2D eigenvalue weighted by atomic mass is 10.1. The molecule has 1 saturated heterocycles. The second-order valence-corrected chi connectivity index (χ2v) is 4.48. The first-order chi connectivity index (χ1) is 8.34. The van der Waals surface area contributed by atoms with Crippen molar-refractivity contribution in [3.05, 3.63) is 18.7 Å². The number of rotatable bonds is 6. The molecule has 0 aliphatic carbocycles. The molecule has 1 atom stereocenters. The average Bonchev–Trinajstić information content (AvgIpc) is 2.99. The Bertz CT molecular complexity index is 330. The van der Waals surface area contributed by atoms with Gasteiger partial charge in [0, 0.05) is 37.9 Å². The topological polar surface area (TPSA) is 59.0 Å². The third-order valence-electron chi connectivity index (χ3n) is 3.13. The minimum atomic E-state index is 0.152. The van der Waals surface area contributed by atoms with E-state index in [1.165, 1.54) is 12.8 Å². The van der Waals surface area contributed by atoms with E-state index in [4.69, 9.17) is 0 Å². The van der Waals surface area contributed by atoms with Crippen LogP contribution in [0, 0.1) is 0 Å². The van der Waals surface area contributed by atoms with Gasteiger partial charge in [0.05, 0.1) is 6.33 Å². The molecule has 0 saturated carbocycles. The zero-order valence-electron chi connectivity index (χ0n) is 10.1. The maximum atomic E-state index is 11.6. The second kappa shape index (κ2) is 6.39. The van der Waals surface area contributed by atoms with E-state index in [9.17, 15) is 4.79 Å². The molecule has 5 nitrogen and oxygen atoms in total. The Morgan fingerprint density at radius 3 is 3.24 bits per heavy atom. The number of aromatic nitrogens is 2. The lowest BCUT2D eigenvalue weighted by molar-refractivity contribution is -0.121. The number of nitrogens with zero attached hydrogens (tertiary/aromatic N) is 2. The van der Waals surface area contributed by atoms with Gasteiger partial charge in [0.25, 0.3) is 0 Å². The third kappa shape index (κ3) is 4.19. The van der Waals surface area contributed by atoms with Crippen molar-refractivity contribution in [2.45, 2.75) is 38.3 Å². The van der Waals surface area contributed by atoms with E-state index in [0.29, 0.717) is 19.0 Å². The van der Waals surface area contributed by atoms with Gasteiger partial charge >= 0.3 is 0 Å². The van der Waals surface area contributed by atoms with Crippen LogP contribution in [0.25, 0.3) is 0 Å². The minimum Gasteiger partial charge on any atom is -0.354 e. The van der Waals surface area contributed by atoms with Crippen molar-refractivity contribution in [1.82, 2.24) is 20.2 Å². The second-order valence-electron chi connectivity index (χ2n) is 4.48. The van der Waals surface area contributed by atoms with Gasteiger partial charge in [0.1, 0.15) is 0 Å². The van der Waals surface area contributed by atoms with Gasteiger partial charge in [-0.1, -0.05) is 0 Å². The molecule has 5 heteroatoms. The molecule has 0 radical (unpaired) electrons. The van der Waals surface area contributed by atoms with Gasteiger partial charge < -0.3 is 15.2 Å². The Kier molecular flexibility index (Phi) is 4.55. The molecule has 1 aliphatic heterocycles. The maximum absolute atomic E-state index is 11.6. The van der Waals surface area contributed by atoms with Gasteiger partial charge in [-0.15, -0.1) is 0 Å². The molecule has 94 valence electrons. The minimum absolute atomic E-state index is 0.152. The molecule has 1 fully saturated rings. The summed E-state index contributed by atoms with van der Waals surface area (Å²) in [5.41, 5.74) is 0. The van der Waals surface area contributed by atoms with Gasteiger partial charge in [-0.25, -0.2) is 4.98 Å². The van der Waals surface area contributed by atoms with Crippen molar-refractivity contribution >= 4 is 5.91 Å². The molecule has 1 aromatic rings. The smallest absolute Gasteiger partial charge is 0.220 e. The first-order valence-corrected chi connectivity index (χ1v) is 6.30. The predicted octanol–water partition coefficient (Wildman–Crippen LogP) is 0.531. The van der Waals surface area contributed by atoms with Crippen molar-refractivity contribution in [1.29, 1.82) is 0 Å². The lowest BCUT2D eigenvalue weighted by Gasteiger charge is -2.10. The summed E-state index contributed by atoms with van der Waals surface area (Å²) in [7, 11) is 0. The van der Waals surface area contributed by atoms with Crippen molar-refractivity contribution < 1.29 is 4.79 Å². The van der Waals surface area contributed by atoms with Gasteiger partial charge in [0.2, 0.25) is 5.91 Å². The summed E-state index contributed by atoms with van der Waals surface area (Å²) in [6.45, 7) is 2.56. The molecule has 0 spiro atoms. The van der Waals surface area contributed by atoms with Crippen molar-refractivity contribution in [3.8, 4) is 0 Å². The predicted molar refractivity (Wildman–Crippen MR) is 65.5 cm³/mol. The molecule has 2 N–H and O–H groups in total. The highest BCUT2D eigenvalue weighted by atomic mass is 16.1. The van der Waals surface area contributed by atoms with Crippen LogP contribution in [0.15, 0.2) is 18.7 Å². The quantitative estimate of drug-likeness (QED) is 0.757. The Labute approximate surface area is 102 Å². The van der Waals surface area contributed by atoms with Crippen molar-refractivity contribution in [3.63, 3.8) is 0 Å². The fourth-order valence-electron chi connectivity index (χ4n) is 2.14. The maximum Gasteiger partial charge on any atom is 0.220 e. The van der Waals surface area contributed by atoms with Gasteiger partial charge in [-0.05, 0) is 25.8 Å². The zero-order valence-corrected chi connectivity index (χ0v) is 10.1. The van der Waals surface area contributed by atoms with E-state index in [-0.39, 0.29) is 5.91 Å². The number of hydrogen-bond donors (Lipinski definition) is 2. The summed E-state index contributed by atoms with van der Waals surface area (Å²) in [4.78, 5) is 15.5. The average molecular weight is 236 g/mol. The van der Waals surface area contributed by atoms with E-state index in [1.807, 2.05) is 10.8 Å². The number of carbonyl (C=O) groups is 1. The Morgan fingerprint density at radius 2 is 2.53 bits per heavy atom. The number of carbonyl (C=O) groups excluding carboxylic acids is 1. The van der Waals surface area contributed by atoms with Crippen LogP contribution in [0.3, 0.4) is 0 Å². The van der Waals surface area contributed by atoms with Crippen LogP contribution >= 0.6 is 0 Å². The summed E-state index contributed by atoms with van der Waals surface area (Å²) < 4.78 is 1.96. The first kappa shape index (κ1) is 12.1. The molecule has 1 amide bonds. The van der Waals surface area contributed by atoms with E-state index >= 15 is 0 Å². The van der Waals surface area contributed by atoms with Crippen LogP contribution in [0.1, 0.15) is 25.7 Å². The van der Waals surface area contributed by atoms with Gasteiger partial charge in [-0.2, -0.15) is 0 Å². The lowest BCUT2D eigenvalue weighted by Crippen LogP contribution is -2.29. The summed E-state index contributed by atoms with van der Waals surface area (Å²) in [6, 6.07) is 0.550. The van der Waals surface area contributed by atoms with Crippen molar-refractivity contribution in [2.24, 2.45) is 0 Å². The number of nitrogens with one attached hydrogen (secondary N) is 2. The van der Waals surface area contributed by atoms with Crippen LogP contribution in [-0.4, -0.2) is 34.6 Å². The molecule has 0 bridgehead atoms.